The van der Waals surface area contributed by atoms with E-state index in [0.29, 0.717) is 43.1 Å². The Hall–Kier alpha value is -0.760. The van der Waals surface area contributed by atoms with Gasteiger partial charge in [0, 0.05) is 36.0 Å². The first-order valence-corrected chi connectivity index (χ1v) is 11.0. The number of rotatable bonds is 3. The van der Waals surface area contributed by atoms with Gasteiger partial charge in [-0.1, -0.05) is 11.6 Å². The third kappa shape index (κ3) is 3.31. The van der Waals surface area contributed by atoms with E-state index in [9.17, 15) is 13.2 Å². The van der Waals surface area contributed by atoms with Gasteiger partial charge in [-0.25, -0.2) is 12.7 Å². The Labute approximate surface area is 152 Å². The number of hydrogen-bond acceptors (Lipinski definition) is 4. The molecule has 0 aromatic heterocycles. The summed E-state index contributed by atoms with van der Waals surface area (Å²) < 4.78 is 25.7. The van der Waals surface area contributed by atoms with Crippen LogP contribution in [-0.4, -0.2) is 59.5 Å². The standard InChI is InChI=1S/C16H21ClN2O3S2/c1-2-24(21,22)18-9-7-16(8-10-18)19(11-12-23-16)15(20)13-3-5-14(17)6-4-13/h3-6H,2,7-12H2,1H3. The number of thioether (sulfide) groups is 1. The fourth-order valence-electron chi connectivity index (χ4n) is 3.35. The highest BCUT2D eigenvalue weighted by Gasteiger charge is 2.47. The van der Waals surface area contributed by atoms with Crippen molar-refractivity contribution in [2.75, 3.05) is 31.1 Å². The molecule has 1 aromatic carbocycles. The minimum absolute atomic E-state index is 0.00321. The van der Waals surface area contributed by atoms with Gasteiger partial charge in [0.15, 0.2) is 0 Å². The zero-order chi connectivity index (χ0) is 17.4. The Kier molecular flexibility index (Phi) is 5.16. The number of nitrogens with zero attached hydrogens (tertiary/aromatic N) is 2. The zero-order valence-electron chi connectivity index (χ0n) is 13.6. The van der Waals surface area contributed by atoms with Gasteiger partial charge in [0.1, 0.15) is 0 Å². The van der Waals surface area contributed by atoms with Crippen molar-refractivity contribution in [3.05, 3.63) is 34.9 Å². The molecule has 132 valence electrons. The number of piperidine rings is 1. The number of benzene rings is 1. The van der Waals surface area contributed by atoms with Crippen LogP contribution in [0.1, 0.15) is 30.1 Å². The van der Waals surface area contributed by atoms with Crippen LogP contribution in [0.4, 0.5) is 0 Å². The van der Waals surface area contributed by atoms with Gasteiger partial charge >= 0.3 is 0 Å². The molecule has 0 bridgehead atoms. The second-order valence-corrected chi connectivity index (χ2v) is 10.2. The molecule has 5 nitrogen and oxygen atoms in total. The molecule has 1 amide bonds. The molecule has 0 N–H and O–H groups in total. The molecule has 8 heteroatoms. The van der Waals surface area contributed by atoms with E-state index in [1.54, 1.807) is 47.3 Å². The smallest absolute Gasteiger partial charge is 0.254 e. The molecule has 0 aliphatic carbocycles. The van der Waals surface area contributed by atoms with Gasteiger partial charge in [-0.3, -0.25) is 4.79 Å². The molecule has 1 aromatic rings. The molecule has 2 fully saturated rings. The van der Waals surface area contributed by atoms with Crippen molar-refractivity contribution < 1.29 is 13.2 Å². The van der Waals surface area contributed by atoms with E-state index in [1.807, 2.05) is 4.90 Å². The number of halogens is 1. The monoisotopic (exact) mass is 388 g/mol. The van der Waals surface area contributed by atoms with Crippen LogP contribution in [0.3, 0.4) is 0 Å². The fourth-order valence-corrected chi connectivity index (χ4v) is 6.04. The van der Waals surface area contributed by atoms with Crippen molar-refractivity contribution in [1.29, 1.82) is 0 Å². The maximum absolute atomic E-state index is 12.9. The molecule has 0 saturated carbocycles. The minimum atomic E-state index is -3.16. The van der Waals surface area contributed by atoms with Crippen LogP contribution >= 0.6 is 23.4 Å². The van der Waals surface area contributed by atoms with Crippen molar-refractivity contribution in [3.8, 4) is 0 Å². The number of hydrogen-bond donors (Lipinski definition) is 0. The molecular weight excluding hydrogens is 368 g/mol. The van der Waals surface area contributed by atoms with E-state index in [2.05, 4.69) is 0 Å². The summed E-state index contributed by atoms with van der Waals surface area (Å²) in [6, 6.07) is 6.94. The molecule has 3 rings (SSSR count). The van der Waals surface area contributed by atoms with Crippen LogP contribution < -0.4 is 0 Å². The van der Waals surface area contributed by atoms with Gasteiger partial charge in [0.2, 0.25) is 10.0 Å². The van der Waals surface area contributed by atoms with Crippen molar-refractivity contribution in [1.82, 2.24) is 9.21 Å². The molecule has 1 spiro atoms. The Morgan fingerprint density at radius 1 is 1.21 bits per heavy atom. The predicted molar refractivity (Wildman–Crippen MR) is 97.9 cm³/mol. The van der Waals surface area contributed by atoms with Crippen LogP contribution in [0.2, 0.25) is 5.02 Å². The van der Waals surface area contributed by atoms with Gasteiger partial charge < -0.3 is 4.90 Å². The predicted octanol–water partition coefficient (Wildman–Crippen LogP) is 2.67. The molecular formula is C16H21ClN2O3S2. The lowest BCUT2D eigenvalue weighted by atomic mass is 10.0. The number of sulfonamides is 1. The second-order valence-electron chi connectivity index (χ2n) is 6.06. The highest BCUT2D eigenvalue weighted by Crippen LogP contribution is 2.44. The largest absolute Gasteiger partial charge is 0.323 e. The Balaban J connectivity index is 1.76. The first-order valence-electron chi connectivity index (χ1n) is 8.07. The third-order valence-electron chi connectivity index (χ3n) is 4.78. The summed E-state index contributed by atoms with van der Waals surface area (Å²) in [6.07, 6.45) is 1.35. The van der Waals surface area contributed by atoms with Gasteiger partial charge in [0.25, 0.3) is 5.91 Å². The molecule has 0 atom stereocenters. The lowest BCUT2D eigenvalue weighted by Gasteiger charge is -2.43. The van der Waals surface area contributed by atoms with Gasteiger partial charge in [-0.15, -0.1) is 11.8 Å². The Morgan fingerprint density at radius 3 is 2.42 bits per heavy atom. The second kappa shape index (κ2) is 6.86. The summed E-state index contributed by atoms with van der Waals surface area (Å²) in [5.41, 5.74) is 0.630. The normalized spacial score (nSPS) is 21.3. The topological polar surface area (TPSA) is 57.7 Å². The molecule has 2 aliphatic heterocycles. The quantitative estimate of drug-likeness (QED) is 0.798. The SMILES string of the molecule is CCS(=O)(=O)N1CCC2(CC1)SCCN2C(=O)c1ccc(Cl)cc1. The molecule has 2 saturated heterocycles. The van der Waals surface area contributed by atoms with Crippen LogP contribution in [0.5, 0.6) is 0 Å². The average molecular weight is 389 g/mol. The van der Waals surface area contributed by atoms with Gasteiger partial charge in [-0.05, 0) is 44.0 Å². The van der Waals surface area contributed by atoms with E-state index in [0.717, 1.165) is 5.75 Å². The lowest BCUT2D eigenvalue weighted by Crippen LogP contribution is -2.53. The number of carbonyl (C=O) groups excluding carboxylic acids is 1. The van der Waals surface area contributed by atoms with Crippen molar-refractivity contribution in [3.63, 3.8) is 0 Å². The number of carbonyl (C=O) groups is 1. The average Bonchev–Trinajstić information content (AvgIpc) is 2.98. The fraction of sp³-hybridized carbons (Fsp3) is 0.562. The van der Waals surface area contributed by atoms with Gasteiger partial charge in [-0.2, -0.15) is 0 Å². The summed E-state index contributed by atoms with van der Waals surface area (Å²) in [4.78, 5) is 14.6. The Morgan fingerprint density at radius 2 is 1.83 bits per heavy atom. The van der Waals surface area contributed by atoms with E-state index < -0.39 is 10.0 Å². The summed E-state index contributed by atoms with van der Waals surface area (Å²) >= 11 is 7.68. The highest BCUT2D eigenvalue weighted by molar-refractivity contribution is 8.00. The highest BCUT2D eigenvalue weighted by atomic mass is 35.5. The van der Waals surface area contributed by atoms with Gasteiger partial charge in [0.05, 0.1) is 10.6 Å². The van der Waals surface area contributed by atoms with E-state index >= 15 is 0 Å². The van der Waals surface area contributed by atoms with E-state index in [4.69, 9.17) is 11.6 Å². The van der Waals surface area contributed by atoms with Crippen LogP contribution in [-0.2, 0) is 10.0 Å². The maximum Gasteiger partial charge on any atom is 0.254 e. The first kappa shape index (κ1) is 18.0. The zero-order valence-corrected chi connectivity index (χ0v) is 16.0. The molecule has 0 unspecified atom stereocenters. The summed E-state index contributed by atoms with van der Waals surface area (Å²) in [7, 11) is -3.16. The minimum Gasteiger partial charge on any atom is -0.323 e. The number of amides is 1. The van der Waals surface area contributed by atoms with Crippen LogP contribution in [0, 0.1) is 0 Å². The van der Waals surface area contributed by atoms with Crippen molar-refractivity contribution >= 4 is 39.3 Å². The third-order valence-corrected chi connectivity index (χ3v) is 8.46. The maximum atomic E-state index is 12.9. The summed E-state index contributed by atoms with van der Waals surface area (Å²) in [6.45, 7) is 3.33. The van der Waals surface area contributed by atoms with E-state index in [1.165, 1.54) is 0 Å². The van der Waals surface area contributed by atoms with E-state index in [-0.39, 0.29) is 16.5 Å². The van der Waals surface area contributed by atoms with Crippen molar-refractivity contribution in [2.24, 2.45) is 0 Å². The van der Waals surface area contributed by atoms with Crippen LogP contribution in [0.25, 0.3) is 0 Å². The first-order chi connectivity index (χ1) is 11.4. The molecule has 2 aliphatic rings. The summed E-state index contributed by atoms with van der Waals surface area (Å²) in [5.74, 6) is 1.02. The molecule has 0 radical (unpaired) electrons. The van der Waals surface area contributed by atoms with Crippen LogP contribution in [0.15, 0.2) is 24.3 Å². The summed E-state index contributed by atoms with van der Waals surface area (Å²) in [5, 5.41) is 0.607. The lowest BCUT2D eigenvalue weighted by molar-refractivity contribution is 0.0605. The van der Waals surface area contributed by atoms with Crippen molar-refractivity contribution in [2.45, 2.75) is 24.6 Å². The Bertz CT molecular complexity index is 713. The molecule has 2 heterocycles. The molecule has 24 heavy (non-hydrogen) atoms.